The van der Waals surface area contributed by atoms with Gasteiger partial charge in [-0.25, -0.2) is 0 Å². The molecule has 0 heterocycles. The molecule has 0 aromatic heterocycles. The van der Waals surface area contributed by atoms with Crippen molar-refractivity contribution in [3.63, 3.8) is 0 Å². The van der Waals surface area contributed by atoms with Gasteiger partial charge in [-0.2, -0.15) is 0 Å². The first-order chi connectivity index (χ1) is 5.18. The third kappa shape index (κ3) is 4.59. The van der Waals surface area contributed by atoms with E-state index in [-0.39, 0.29) is 5.41 Å². The van der Waals surface area contributed by atoms with Crippen LogP contribution in [0.1, 0.15) is 20.3 Å². The molecule has 0 radical (unpaired) electrons. The molecule has 0 aliphatic rings. The topological polar surface area (TPSA) is 9.23 Å². The summed E-state index contributed by atoms with van der Waals surface area (Å²) in [6.07, 6.45) is 2.92. The molecule has 0 bridgehead atoms. The highest BCUT2D eigenvalue weighted by Crippen LogP contribution is 2.23. The summed E-state index contributed by atoms with van der Waals surface area (Å²) in [5.41, 5.74) is 0.281. The second-order valence-electron chi connectivity index (χ2n) is 3.10. The first-order valence-electron chi connectivity index (χ1n) is 3.93. The molecule has 0 saturated heterocycles. The van der Waals surface area contributed by atoms with Gasteiger partial charge in [-0.1, -0.05) is 35.9 Å². The Balaban J connectivity index is 3.59. The molecule has 1 nitrogen and oxygen atoms in total. The largest absolute Gasteiger partial charge is 0.377 e. The lowest BCUT2D eigenvalue weighted by atomic mass is 9.92. The second-order valence-corrected chi connectivity index (χ2v) is 3.66. The van der Waals surface area contributed by atoms with Gasteiger partial charge in [0.25, 0.3) is 0 Å². The van der Waals surface area contributed by atoms with E-state index in [4.69, 9.17) is 4.74 Å². The molecule has 2 heteroatoms. The fourth-order valence-corrected chi connectivity index (χ4v) is 1.18. The highest BCUT2D eigenvalue weighted by molar-refractivity contribution is 9.09. The highest BCUT2D eigenvalue weighted by Gasteiger charge is 2.20. The zero-order chi connectivity index (χ0) is 8.74. The van der Waals surface area contributed by atoms with Crippen LogP contribution < -0.4 is 0 Å². The van der Waals surface area contributed by atoms with Crippen LogP contribution in [0.3, 0.4) is 0 Å². The molecule has 1 unspecified atom stereocenters. The van der Waals surface area contributed by atoms with Gasteiger partial charge in [0.2, 0.25) is 0 Å². The second kappa shape index (κ2) is 5.78. The monoisotopic (exact) mass is 220 g/mol. The van der Waals surface area contributed by atoms with Gasteiger partial charge >= 0.3 is 0 Å². The van der Waals surface area contributed by atoms with Crippen LogP contribution in [0.5, 0.6) is 0 Å². The van der Waals surface area contributed by atoms with Crippen molar-refractivity contribution in [3.05, 3.63) is 12.7 Å². The van der Waals surface area contributed by atoms with Gasteiger partial charge in [-0.05, 0) is 6.42 Å². The van der Waals surface area contributed by atoms with Crippen LogP contribution in [0.25, 0.3) is 0 Å². The molecule has 0 N–H and O–H groups in total. The Morgan fingerprint density at radius 1 is 1.64 bits per heavy atom. The normalized spacial score (nSPS) is 15.9. The summed E-state index contributed by atoms with van der Waals surface area (Å²) in [5.74, 6) is 0. The van der Waals surface area contributed by atoms with E-state index in [1.807, 2.05) is 0 Å². The van der Waals surface area contributed by atoms with E-state index in [9.17, 15) is 0 Å². The lowest BCUT2D eigenvalue weighted by Gasteiger charge is -2.24. The Bertz CT molecular complexity index is 108. The van der Waals surface area contributed by atoms with Gasteiger partial charge in [-0.3, -0.25) is 0 Å². The Labute approximate surface area is 78.0 Å². The minimum atomic E-state index is 0.281. The summed E-state index contributed by atoms with van der Waals surface area (Å²) in [6, 6.07) is 0. The summed E-state index contributed by atoms with van der Waals surface area (Å²) in [4.78, 5) is 0. The lowest BCUT2D eigenvalue weighted by molar-refractivity contribution is 0.0819. The number of hydrogen-bond donors (Lipinski definition) is 0. The van der Waals surface area contributed by atoms with Gasteiger partial charge in [0, 0.05) is 10.7 Å². The molecule has 0 aliphatic heterocycles. The smallest absolute Gasteiger partial charge is 0.0645 e. The SMILES string of the molecule is C=CCOCC(C)(CC)CBr. The first-order valence-corrected chi connectivity index (χ1v) is 5.05. The third-order valence-corrected chi connectivity index (χ3v) is 3.22. The van der Waals surface area contributed by atoms with Gasteiger partial charge in [0.15, 0.2) is 0 Å². The molecular weight excluding hydrogens is 204 g/mol. The van der Waals surface area contributed by atoms with E-state index in [1.54, 1.807) is 6.08 Å². The number of alkyl halides is 1. The lowest BCUT2D eigenvalue weighted by Crippen LogP contribution is -2.24. The van der Waals surface area contributed by atoms with Crippen molar-refractivity contribution in [3.8, 4) is 0 Å². The van der Waals surface area contributed by atoms with Crippen molar-refractivity contribution in [1.82, 2.24) is 0 Å². The van der Waals surface area contributed by atoms with Crippen LogP contribution in [0, 0.1) is 5.41 Å². The van der Waals surface area contributed by atoms with E-state index in [2.05, 4.69) is 36.4 Å². The van der Waals surface area contributed by atoms with Crippen molar-refractivity contribution in [2.45, 2.75) is 20.3 Å². The van der Waals surface area contributed by atoms with E-state index >= 15 is 0 Å². The zero-order valence-corrected chi connectivity index (χ0v) is 8.99. The predicted molar refractivity (Wildman–Crippen MR) is 53.2 cm³/mol. The van der Waals surface area contributed by atoms with Gasteiger partial charge in [0.05, 0.1) is 13.2 Å². The molecule has 0 amide bonds. The Kier molecular flexibility index (Phi) is 5.88. The van der Waals surface area contributed by atoms with E-state index in [0.29, 0.717) is 6.61 Å². The van der Waals surface area contributed by atoms with Crippen molar-refractivity contribution < 1.29 is 4.74 Å². The van der Waals surface area contributed by atoms with Crippen LogP contribution in [-0.2, 0) is 4.74 Å². The summed E-state index contributed by atoms with van der Waals surface area (Å²) in [7, 11) is 0. The first kappa shape index (κ1) is 11.2. The summed E-state index contributed by atoms with van der Waals surface area (Å²) < 4.78 is 5.38. The quantitative estimate of drug-likeness (QED) is 0.380. The van der Waals surface area contributed by atoms with Crippen LogP contribution >= 0.6 is 15.9 Å². The van der Waals surface area contributed by atoms with Crippen LogP contribution in [0.4, 0.5) is 0 Å². The van der Waals surface area contributed by atoms with Crippen LogP contribution in [-0.4, -0.2) is 18.5 Å². The number of halogens is 1. The maximum Gasteiger partial charge on any atom is 0.0645 e. The summed E-state index contributed by atoms with van der Waals surface area (Å²) in [5, 5.41) is 0.994. The average molecular weight is 221 g/mol. The van der Waals surface area contributed by atoms with Gasteiger partial charge in [-0.15, -0.1) is 6.58 Å². The fraction of sp³-hybridized carbons (Fsp3) is 0.778. The van der Waals surface area contributed by atoms with Crippen LogP contribution in [0.15, 0.2) is 12.7 Å². The molecule has 1 atom stereocenters. The molecular formula is C9H17BrO. The standard InChI is InChI=1S/C9H17BrO/c1-4-6-11-8-9(3,5-2)7-10/h4H,1,5-8H2,2-3H3. The number of ether oxygens (including phenoxy) is 1. The predicted octanol–water partition coefficient (Wildman–Crippen LogP) is 3.00. The highest BCUT2D eigenvalue weighted by atomic mass is 79.9. The molecule has 11 heavy (non-hydrogen) atoms. The minimum absolute atomic E-state index is 0.281. The van der Waals surface area contributed by atoms with Gasteiger partial charge < -0.3 is 4.74 Å². The maximum absolute atomic E-state index is 5.38. The van der Waals surface area contributed by atoms with Crippen molar-refractivity contribution in [1.29, 1.82) is 0 Å². The Hall–Kier alpha value is 0.180. The molecule has 0 spiro atoms. The third-order valence-electron chi connectivity index (χ3n) is 1.86. The fourth-order valence-electron chi connectivity index (χ4n) is 0.624. The number of hydrogen-bond acceptors (Lipinski definition) is 1. The zero-order valence-electron chi connectivity index (χ0n) is 7.40. The molecule has 0 saturated carbocycles. The molecule has 0 rings (SSSR count). The van der Waals surface area contributed by atoms with E-state index in [0.717, 1.165) is 18.4 Å². The molecule has 66 valence electrons. The Morgan fingerprint density at radius 3 is 2.64 bits per heavy atom. The van der Waals surface area contributed by atoms with Crippen molar-refractivity contribution in [2.75, 3.05) is 18.5 Å². The molecule has 0 aliphatic carbocycles. The molecule has 0 aromatic rings. The van der Waals surface area contributed by atoms with E-state index < -0.39 is 0 Å². The number of rotatable bonds is 6. The average Bonchev–Trinajstić information content (AvgIpc) is 2.05. The minimum Gasteiger partial charge on any atom is -0.377 e. The maximum atomic E-state index is 5.38. The van der Waals surface area contributed by atoms with Gasteiger partial charge in [0.1, 0.15) is 0 Å². The molecule has 0 aromatic carbocycles. The summed E-state index contributed by atoms with van der Waals surface area (Å²) >= 11 is 3.48. The summed E-state index contributed by atoms with van der Waals surface area (Å²) in [6.45, 7) is 9.45. The van der Waals surface area contributed by atoms with Crippen molar-refractivity contribution in [2.24, 2.45) is 5.41 Å². The van der Waals surface area contributed by atoms with Crippen molar-refractivity contribution >= 4 is 15.9 Å². The van der Waals surface area contributed by atoms with E-state index in [1.165, 1.54) is 0 Å². The van der Waals surface area contributed by atoms with Crippen LogP contribution in [0.2, 0.25) is 0 Å². The molecule has 0 fully saturated rings. The Morgan fingerprint density at radius 2 is 2.27 bits per heavy atom.